The highest BCUT2D eigenvalue weighted by Crippen LogP contribution is 2.38. The number of alkyl halides is 2. The lowest BCUT2D eigenvalue weighted by Gasteiger charge is -2.41. The molecule has 43 heavy (non-hydrogen) atoms. The lowest BCUT2D eigenvalue weighted by Crippen LogP contribution is -2.47. The van der Waals surface area contributed by atoms with E-state index in [9.17, 15) is 17.2 Å². The first kappa shape index (κ1) is 33.2. The number of ether oxygens (including phenoxy) is 4. The molecule has 0 aromatic heterocycles. The van der Waals surface area contributed by atoms with Crippen molar-refractivity contribution in [1.29, 1.82) is 0 Å². The third-order valence-electron chi connectivity index (χ3n) is 6.85. The van der Waals surface area contributed by atoms with Gasteiger partial charge < -0.3 is 18.9 Å². The predicted molar refractivity (Wildman–Crippen MR) is 162 cm³/mol. The van der Waals surface area contributed by atoms with Gasteiger partial charge in [-0.15, -0.1) is 0 Å². The van der Waals surface area contributed by atoms with Crippen LogP contribution in [-0.4, -0.2) is 48.7 Å². The van der Waals surface area contributed by atoms with Gasteiger partial charge in [0.25, 0.3) is 0 Å². The molecule has 3 aromatic rings. The summed E-state index contributed by atoms with van der Waals surface area (Å²) in [7, 11) is -6.24. The van der Waals surface area contributed by atoms with Crippen molar-refractivity contribution >= 4 is 21.0 Å². The Hall–Kier alpha value is -2.70. The molecule has 1 aliphatic rings. The minimum atomic E-state index is -5.64. The molecule has 0 amide bonds. The molecule has 1 fully saturated rings. The molecule has 1 saturated heterocycles. The molecule has 3 aromatic carbocycles. The normalized spacial score (nSPS) is 20.7. The van der Waals surface area contributed by atoms with E-state index in [4.69, 9.17) is 23.5 Å². The van der Waals surface area contributed by atoms with Crippen LogP contribution in [0.2, 0.25) is 0 Å². The molecule has 11 heteroatoms. The van der Waals surface area contributed by atoms with Crippen LogP contribution in [0, 0.1) is 0 Å². The standard InChI is InChI=1S/C32H38F2O7S2/c1-22(32(33,34)43(35,36)37)40-24-10-16-27(17-11-24)42(28-18-12-25(13-19-28)41-29(2,3)4)26-14-8-23(9-15-26)31(7)21-38-30(5,6)20-39-31/h8-19,22H,20-21H2,1-7H3/p+1. The van der Waals surface area contributed by atoms with E-state index in [-0.39, 0.29) is 17.0 Å². The molecule has 3 atom stereocenters. The predicted octanol–water partition coefficient (Wildman–Crippen LogP) is 7.25. The molecule has 0 bridgehead atoms. The van der Waals surface area contributed by atoms with Gasteiger partial charge >= 0.3 is 15.4 Å². The van der Waals surface area contributed by atoms with Gasteiger partial charge in [-0.2, -0.15) is 17.2 Å². The van der Waals surface area contributed by atoms with E-state index in [0.29, 0.717) is 13.2 Å². The van der Waals surface area contributed by atoms with E-state index in [2.05, 4.69) is 0 Å². The van der Waals surface area contributed by atoms with Crippen LogP contribution in [0.15, 0.2) is 87.5 Å². The van der Waals surface area contributed by atoms with Crippen LogP contribution in [-0.2, 0) is 36.1 Å². The van der Waals surface area contributed by atoms with Crippen LogP contribution in [0.5, 0.6) is 11.5 Å². The van der Waals surface area contributed by atoms with Crippen molar-refractivity contribution in [1.82, 2.24) is 0 Å². The summed E-state index contributed by atoms with van der Waals surface area (Å²) in [6, 6.07) is 22.5. The average molecular weight is 638 g/mol. The molecule has 0 aliphatic carbocycles. The largest absolute Gasteiger partial charge is 0.488 e. The van der Waals surface area contributed by atoms with Gasteiger partial charge in [0.05, 0.1) is 29.7 Å². The number of hydrogen-bond acceptors (Lipinski definition) is 6. The maximum atomic E-state index is 14.0. The first-order chi connectivity index (χ1) is 19.8. The Morgan fingerprint density at radius 2 is 1.28 bits per heavy atom. The zero-order valence-corrected chi connectivity index (χ0v) is 27.0. The average Bonchev–Trinajstić information content (AvgIpc) is 2.91. The third kappa shape index (κ3) is 7.88. The van der Waals surface area contributed by atoms with Gasteiger partial charge in [0, 0.05) is 0 Å². The van der Waals surface area contributed by atoms with Crippen molar-refractivity contribution in [2.24, 2.45) is 0 Å². The first-order valence-corrected chi connectivity index (χ1v) is 16.5. The van der Waals surface area contributed by atoms with Crippen LogP contribution in [0.4, 0.5) is 8.78 Å². The summed E-state index contributed by atoms with van der Waals surface area (Å²) in [5.74, 6) is 0.774. The van der Waals surface area contributed by atoms with Gasteiger partial charge in [0.2, 0.25) is 0 Å². The van der Waals surface area contributed by atoms with E-state index in [1.165, 1.54) is 12.1 Å². The van der Waals surface area contributed by atoms with E-state index in [1.807, 2.05) is 90.1 Å². The Morgan fingerprint density at radius 3 is 1.70 bits per heavy atom. The second-order valence-corrected chi connectivity index (χ2v) is 15.9. The van der Waals surface area contributed by atoms with E-state index < -0.39 is 38.0 Å². The molecule has 0 spiro atoms. The maximum absolute atomic E-state index is 14.0. The highest BCUT2D eigenvalue weighted by Gasteiger charge is 2.51. The van der Waals surface area contributed by atoms with Crippen molar-refractivity contribution in [3.63, 3.8) is 0 Å². The fraction of sp³-hybridized carbons (Fsp3) is 0.438. The molecule has 1 aliphatic heterocycles. The Bertz CT molecular complexity index is 1490. The Kier molecular flexibility index (Phi) is 9.27. The van der Waals surface area contributed by atoms with Crippen molar-refractivity contribution < 1.29 is 40.7 Å². The van der Waals surface area contributed by atoms with Crippen molar-refractivity contribution in [3.8, 4) is 11.5 Å². The van der Waals surface area contributed by atoms with Gasteiger partial charge in [-0.1, -0.05) is 12.1 Å². The van der Waals surface area contributed by atoms with Gasteiger partial charge in [-0.3, -0.25) is 4.55 Å². The van der Waals surface area contributed by atoms with E-state index in [0.717, 1.165) is 32.9 Å². The third-order valence-corrected chi connectivity index (χ3v) is 10.1. The summed E-state index contributed by atoms with van der Waals surface area (Å²) in [5.41, 5.74) is -0.293. The molecular weight excluding hydrogens is 598 g/mol. The monoisotopic (exact) mass is 637 g/mol. The zero-order chi connectivity index (χ0) is 31.8. The van der Waals surface area contributed by atoms with Crippen LogP contribution < -0.4 is 9.47 Å². The molecule has 1 heterocycles. The summed E-state index contributed by atoms with van der Waals surface area (Å²) in [6.07, 6.45) is -2.10. The van der Waals surface area contributed by atoms with Crippen LogP contribution >= 0.6 is 0 Å². The summed E-state index contributed by atoms with van der Waals surface area (Å²) in [5, 5.41) is -4.46. The molecule has 7 nitrogen and oxygen atoms in total. The second-order valence-electron chi connectivity index (χ2n) is 12.4. The minimum Gasteiger partial charge on any atom is -0.488 e. The van der Waals surface area contributed by atoms with Crippen molar-refractivity contribution in [2.45, 2.75) is 91.3 Å². The number of rotatable bonds is 9. The zero-order valence-electron chi connectivity index (χ0n) is 25.4. The second kappa shape index (κ2) is 12.0. The van der Waals surface area contributed by atoms with Crippen LogP contribution in [0.3, 0.4) is 0 Å². The van der Waals surface area contributed by atoms with Gasteiger partial charge in [-0.25, -0.2) is 0 Å². The quantitative estimate of drug-likeness (QED) is 0.195. The Balaban J connectivity index is 1.65. The fourth-order valence-corrected chi connectivity index (χ4v) is 6.91. The topological polar surface area (TPSA) is 91.3 Å². The summed E-state index contributed by atoms with van der Waals surface area (Å²) < 4.78 is 82.7. The molecule has 0 saturated carbocycles. The molecule has 3 unspecified atom stereocenters. The van der Waals surface area contributed by atoms with E-state index in [1.54, 1.807) is 12.1 Å². The van der Waals surface area contributed by atoms with E-state index >= 15 is 0 Å². The van der Waals surface area contributed by atoms with Gasteiger partial charge in [0.1, 0.15) is 22.7 Å². The minimum absolute atomic E-state index is 0.0395. The molecule has 0 radical (unpaired) electrons. The summed E-state index contributed by atoms with van der Waals surface area (Å²) in [6.45, 7) is 13.7. The number of benzene rings is 3. The van der Waals surface area contributed by atoms with Gasteiger partial charge in [-0.05, 0) is 115 Å². The summed E-state index contributed by atoms with van der Waals surface area (Å²) >= 11 is 0. The fourth-order valence-electron chi connectivity index (χ4n) is 4.40. The molecular formula is C32H39F2O7S2+. The van der Waals surface area contributed by atoms with Crippen LogP contribution in [0.1, 0.15) is 54.0 Å². The Morgan fingerprint density at radius 1 is 0.814 bits per heavy atom. The lowest BCUT2D eigenvalue weighted by atomic mass is 9.94. The number of hydrogen-bond donors (Lipinski definition) is 1. The van der Waals surface area contributed by atoms with Crippen LogP contribution in [0.25, 0.3) is 0 Å². The highest BCUT2D eigenvalue weighted by atomic mass is 32.2. The number of halogens is 2. The lowest BCUT2D eigenvalue weighted by molar-refractivity contribution is -0.221. The van der Waals surface area contributed by atoms with Gasteiger partial charge in [0.15, 0.2) is 20.8 Å². The smallest absolute Gasteiger partial charge is 0.405 e. The molecule has 234 valence electrons. The molecule has 4 rings (SSSR count). The summed E-state index contributed by atoms with van der Waals surface area (Å²) in [4.78, 5) is 2.89. The first-order valence-electron chi connectivity index (χ1n) is 13.8. The maximum Gasteiger partial charge on any atom is 0.405 e. The SMILES string of the molecule is CC(Oc1ccc([S+](c2ccc(OC(C)(C)C)cc2)c2ccc(C3(C)COC(C)(C)CO3)cc2)cc1)C(F)(F)S(=O)(=O)O. The molecule has 1 N–H and O–H groups in total. The highest BCUT2D eigenvalue weighted by molar-refractivity contribution is 7.97. The Labute approximate surface area is 255 Å². The van der Waals surface area contributed by atoms with Crippen molar-refractivity contribution in [2.75, 3.05) is 13.2 Å². The van der Waals surface area contributed by atoms with Crippen molar-refractivity contribution in [3.05, 3.63) is 78.4 Å².